The first-order valence-corrected chi connectivity index (χ1v) is 4.07. The first-order chi connectivity index (χ1) is 4.72. The normalized spacial score (nSPS) is 24.0. The van der Waals surface area contributed by atoms with Gasteiger partial charge in [0.2, 0.25) is 0 Å². The Morgan fingerprint density at radius 2 is 2.20 bits per heavy atom. The quantitative estimate of drug-likeness (QED) is 0.565. The summed E-state index contributed by atoms with van der Waals surface area (Å²) in [6.07, 6.45) is 6.38. The zero-order chi connectivity index (χ0) is 7.56. The molecule has 0 heterocycles. The van der Waals surface area contributed by atoms with Crippen LogP contribution in [-0.2, 0) is 0 Å². The molecule has 1 nitrogen and oxygen atoms in total. The zero-order valence-electron chi connectivity index (χ0n) is 7.22. The molecule has 0 aromatic rings. The van der Waals surface area contributed by atoms with Gasteiger partial charge in [-0.15, -0.1) is 0 Å². The van der Waals surface area contributed by atoms with Crippen molar-refractivity contribution in [3.05, 3.63) is 12.3 Å². The summed E-state index contributed by atoms with van der Waals surface area (Å²) in [6.45, 7) is 2.27. The molecule has 0 spiro atoms. The van der Waals surface area contributed by atoms with Crippen LogP contribution in [0.2, 0.25) is 0 Å². The molecule has 0 unspecified atom stereocenters. The van der Waals surface area contributed by atoms with Crippen LogP contribution in [0.4, 0.5) is 0 Å². The second-order valence-electron chi connectivity index (χ2n) is 3.31. The average Bonchev–Trinajstić information content (AvgIpc) is 2.36. The van der Waals surface area contributed by atoms with Crippen LogP contribution in [0.15, 0.2) is 0 Å². The topological polar surface area (TPSA) is 3.24 Å². The Hall–Kier alpha value is -0.0400. The number of hydrogen-bond donors (Lipinski definition) is 0. The first-order valence-electron chi connectivity index (χ1n) is 4.07. The largest absolute Gasteiger partial charge is 0.306 e. The minimum atomic E-state index is 0.655. The molecular weight excluding hydrogens is 122 g/mol. The smallest absolute Gasteiger partial charge is 0.0126 e. The van der Waals surface area contributed by atoms with Crippen LogP contribution in [0.1, 0.15) is 26.2 Å². The van der Waals surface area contributed by atoms with E-state index in [4.69, 9.17) is 0 Å². The molecule has 1 heteroatoms. The van der Waals surface area contributed by atoms with Gasteiger partial charge in [0.1, 0.15) is 0 Å². The molecule has 1 aliphatic carbocycles. The lowest BCUT2D eigenvalue weighted by Gasteiger charge is -2.24. The Balaban J connectivity index is 2.32. The Labute approximate surface area is 64.4 Å². The van der Waals surface area contributed by atoms with Crippen LogP contribution in [-0.4, -0.2) is 25.0 Å². The van der Waals surface area contributed by atoms with Gasteiger partial charge in [0.15, 0.2) is 0 Å². The highest BCUT2D eigenvalue weighted by atomic mass is 15.1. The van der Waals surface area contributed by atoms with E-state index in [0.29, 0.717) is 6.04 Å². The van der Waals surface area contributed by atoms with E-state index in [1.54, 1.807) is 5.92 Å². The Morgan fingerprint density at radius 3 is 2.60 bits per heavy atom. The van der Waals surface area contributed by atoms with Crippen molar-refractivity contribution >= 4 is 0 Å². The van der Waals surface area contributed by atoms with E-state index < -0.39 is 0 Å². The summed E-state index contributed by atoms with van der Waals surface area (Å²) in [5.74, 6) is 1.63. The Morgan fingerprint density at radius 1 is 1.50 bits per heavy atom. The molecule has 0 N–H and O–H groups in total. The predicted molar refractivity (Wildman–Crippen MR) is 44.5 cm³/mol. The van der Waals surface area contributed by atoms with Gasteiger partial charge in [-0.2, -0.15) is 0 Å². The third-order valence-corrected chi connectivity index (χ3v) is 2.39. The summed E-state index contributed by atoms with van der Waals surface area (Å²) >= 11 is 0. The van der Waals surface area contributed by atoms with E-state index >= 15 is 0 Å². The molecule has 1 fully saturated rings. The van der Waals surface area contributed by atoms with Crippen LogP contribution < -0.4 is 0 Å². The highest BCUT2D eigenvalue weighted by molar-refractivity contribution is 5.14. The van der Waals surface area contributed by atoms with E-state index in [1.165, 1.54) is 19.3 Å². The van der Waals surface area contributed by atoms with E-state index in [0.717, 1.165) is 0 Å². The highest BCUT2D eigenvalue weighted by Gasteiger charge is 2.23. The predicted octanol–water partition coefficient (Wildman–Crippen LogP) is 1.90. The lowest BCUT2D eigenvalue weighted by atomic mass is 9.99. The van der Waals surface area contributed by atoms with Gasteiger partial charge >= 0.3 is 0 Å². The van der Waals surface area contributed by atoms with Crippen LogP contribution in [0.25, 0.3) is 0 Å². The standard InChI is InChI=1S/C9H17N/c1-8(10(2)3)9-6-4-5-7-9/h6,8H,4-5,7H2,1-3H3/t8-/m0/s1. The molecule has 0 aromatic heterocycles. The van der Waals surface area contributed by atoms with Crippen molar-refractivity contribution in [2.24, 2.45) is 0 Å². The summed E-state index contributed by atoms with van der Waals surface area (Å²) in [5, 5.41) is 0. The molecule has 10 heavy (non-hydrogen) atoms. The zero-order valence-corrected chi connectivity index (χ0v) is 7.22. The van der Waals surface area contributed by atoms with Gasteiger partial charge in [-0.1, -0.05) is 6.42 Å². The van der Waals surface area contributed by atoms with E-state index in [9.17, 15) is 0 Å². The second-order valence-corrected chi connectivity index (χ2v) is 3.31. The highest BCUT2D eigenvalue weighted by Crippen LogP contribution is 2.30. The van der Waals surface area contributed by atoms with Gasteiger partial charge in [0.05, 0.1) is 0 Å². The van der Waals surface area contributed by atoms with Crippen molar-refractivity contribution in [3.63, 3.8) is 0 Å². The molecule has 58 valence electrons. The fraction of sp³-hybridized carbons (Fsp3) is 0.778. The molecule has 1 aliphatic rings. The fourth-order valence-electron chi connectivity index (χ4n) is 1.41. The van der Waals surface area contributed by atoms with E-state index in [1.807, 2.05) is 0 Å². The maximum absolute atomic E-state index is 2.39. The van der Waals surface area contributed by atoms with Crippen molar-refractivity contribution in [1.29, 1.82) is 0 Å². The minimum absolute atomic E-state index is 0.655. The van der Waals surface area contributed by atoms with Crippen LogP contribution >= 0.6 is 0 Å². The summed E-state index contributed by atoms with van der Waals surface area (Å²) in [4.78, 5) is 2.27. The number of rotatable bonds is 2. The SMILES string of the molecule is C[C@@H]([C]1[CH]CCC1)N(C)C. The molecule has 1 atom stereocenters. The van der Waals surface area contributed by atoms with Crippen molar-refractivity contribution in [1.82, 2.24) is 4.90 Å². The molecule has 1 saturated carbocycles. The summed E-state index contributed by atoms with van der Waals surface area (Å²) in [7, 11) is 4.29. The lowest BCUT2D eigenvalue weighted by molar-refractivity contribution is 0.325. The molecule has 0 amide bonds. The van der Waals surface area contributed by atoms with Gasteiger partial charge in [0.25, 0.3) is 0 Å². The van der Waals surface area contributed by atoms with Crippen molar-refractivity contribution in [3.8, 4) is 0 Å². The van der Waals surface area contributed by atoms with Crippen LogP contribution in [0.5, 0.6) is 0 Å². The molecular formula is C9H17N. The Kier molecular flexibility index (Phi) is 2.72. The van der Waals surface area contributed by atoms with Gasteiger partial charge in [-0.05, 0) is 46.2 Å². The molecule has 2 radical (unpaired) electrons. The lowest BCUT2D eigenvalue weighted by Crippen LogP contribution is -2.29. The first kappa shape index (κ1) is 8.06. The average molecular weight is 139 g/mol. The Bertz CT molecular complexity index is 92.9. The van der Waals surface area contributed by atoms with Crippen molar-refractivity contribution in [2.75, 3.05) is 14.1 Å². The van der Waals surface area contributed by atoms with Gasteiger partial charge in [-0.25, -0.2) is 0 Å². The van der Waals surface area contributed by atoms with E-state index in [-0.39, 0.29) is 0 Å². The number of hydrogen-bond acceptors (Lipinski definition) is 1. The number of nitrogens with zero attached hydrogens (tertiary/aromatic N) is 1. The molecule has 0 aromatic carbocycles. The molecule has 1 rings (SSSR count). The maximum atomic E-state index is 2.39. The van der Waals surface area contributed by atoms with Gasteiger partial charge in [0, 0.05) is 6.04 Å². The van der Waals surface area contributed by atoms with Gasteiger partial charge in [-0.3, -0.25) is 0 Å². The molecule has 0 saturated heterocycles. The van der Waals surface area contributed by atoms with Gasteiger partial charge < -0.3 is 4.90 Å². The monoisotopic (exact) mass is 139 g/mol. The third kappa shape index (κ3) is 1.72. The minimum Gasteiger partial charge on any atom is -0.306 e. The van der Waals surface area contributed by atoms with Crippen LogP contribution in [0, 0.1) is 12.3 Å². The molecule has 0 bridgehead atoms. The second kappa shape index (κ2) is 3.38. The summed E-state index contributed by atoms with van der Waals surface area (Å²) < 4.78 is 0. The van der Waals surface area contributed by atoms with E-state index in [2.05, 4.69) is 32.3 Å². The van der Waals surface area contributed by atoms with Crippen molar-refractivity contribution in [2.45, 2.75) is 32.2 Å². The third-order valence-electron chi connectivity index (χ3n) is 2.39. The maximum Gasteiger partial charge on any atom is 0.0126 e. The molecule has 0 aliphatic heterocycles. The fourth-order valence-corrected chi connectivity index (χ4v) is 1.41. The summed E-state index contributed by atoms with van der Waals surface area (Å²) in [6, 6.07) is 0.655. The summed E-state index contributed by atoms with van der Waals surface area (Å²) in [5.41, 5.74) is 0. The van der Waals surface area contributed by atoms with Crippen LogP contribution in [0.3, 0.4) is 0 Å². The van der Waals surface area contributed by atoms with Crippen molar-refractivity contribution < 1.29 is 0 Å².